The predicted molar refractivity (Wildman–Crippen MR) is 150 cm³/mol. The molecule has 0 unspecified atom stereocenters. The SMILES string of the molecule is COc1cc(C(C)(C)C)c(OPOc2c(C(C)(C)C)cc(OC)cc2C(C)(C)C)c(C(C)(C)C)c1. The topological polar surface area (TPSA) is 36.9 Å². The van der Waals surface area contributed by atoms with Crippen molar-refractivity contribution in [3.63, 3.8) is 0 Å². The summed E-state index contributed by atoms with van der Waals surface area (Å²) in [4.78, 5) is 0. The van der Waals surface area contributed by atoms with Crippen LogP contribution in [0.25, 0.3) is 0 Å². The Bertz CT molecular complexity index is 875. The van der Waals surface area contributed by atoms with Crippen molar-refractivity contribution in [1.82, 2.24) is 0 Å². The third kappa shape index (κ3) is 7.06. The summed E-state index contributed by atoms with van der Waals surface area (Å²) in [7, 11) is 3.23. The van der Waals surface area contributed by atoms with Crippen LogP contribution in [0, 0.1) is 0 Å². The molecule has 0 aliphatic carbocycles. The van der Waals surface area contributed by atoms with Gasteiger partial charge in [-0.05, 0) is 45.9 Å². The highest BCUT2D eigenvalue weighted by atomic mass is 31.1. The molecule has 0 N–H and O–H groups in total. The van der Waals surface area contributed by atoms with E-state index < -0.39 is 0 Å². The maximum absolute atomic E-state index is 6.54. The van der Waals surface area contributed by atoms with Crippen LogP contribution in [0.3, 0.4) is 0 Å². The van der Waals surface area contributed by atoms with Crippen LogP contribution < -0.4 is 18.5 Å². The van der Waals surface area contributed by atoms with Gasteiger partial charge in [0.25, 0.3) is 9.03 Å². The first kappa shape index (κ1) is 29.3. The summed E-state index contributed by atoms with van der Waals surface area (Å²) in [6, 6.07) is 8.35. The number of rotatable bonds is 6. The number of ether oxygens (including phenoxy) is 2. The molecule has 0 radical (unpaired) electrons. The zero-order chi connectivity index (χ0) is 27.0. The quantitative estimate of drug-likeness (QED) is 0.370. The number of hydrogen-bond acceptors (Lipinski definition) is 4. The van der Waals surface area contributed by atoms with Gasteiger partial charge in [0.15, 0.2) is 0 Å². The van der Waals surface area contributed by atoms with Crippen LogP contribution in [0.5, 0.6) is 23.0 Å². The highest BCUT2D eigenvalue weighted by Crippen LogP contribution is 2.47. The minimum Gasteiger partial charge on any atom is -0.497 e. The van der Waals surface area contributed by atoms with Gasteiger partial charge in [0, 0.05) is 22.3 Å². The van der Waals surface area contributed by atoms with Crippen molar-refractivity contribution in [2.45, 2.75) is 105 Å². The van der Waals surface area contributed by atoms with E-state index in [4.69, 9.17) is 18.5 Å². The molecule has 0 spiro atoms. The highest BCUT2D eigenvalue weighted by Gasteiger charge is 2.31. The Balaban J connectivity index is 2.60. The second-order valence-corrected chi connectivity index (χ2v) is 14.0. The van der Waals surface area contributed by atoms with E-state index in [0.29, 0.717) is 0 Å². The highest BCUT2D eigenvalue weighted by molar-refractivity contribution is 7.27. The van der Waals surface area contributed by atoms with E-state index >= 15 is 0 Å². The van der Waals surface area contributed by atoms with Gasteiger partial charge in [-0.15, -0.1) is 0 Å². The number of hydrogen-bond donors (Lipinski definition) is 0. The smallest absolute Gasteiger partial charge is 0.275 e. The Morgan fingerprint density at radius 1 is 0.457 bits per heavy atom. The maximum Gasteiger partial charge on any atom is 0.275 e. The number of methoxy groups -OCH3 is 2. The van der Waals surface area contributed by atoms with Crippen molar-refractivity contribution >= 4 is 9.03 Å². The first-order valence-corrected chi connectivity index (χ1v) is 13.2. The molecule has 0 aliphatic rings. The lowest BCUT2D eigenvalue weighted by molar-refractivity contribution is 0.402. The summed E-state index contributed by atoms with van der Waals surface area (Å²) in [6.07, 6.45) is 0. The van der Waals surface area contributed by atoms with Gasteiger partial charge in [-0.2, -0.15) is 0 Å². The van der Waals surface area contributed by atoms with Gasteiger partial charge in [-0.1, -0.05) is 83.1 Å². The molecule has 0 saturated heterocycles. The Hall–Kier alpha value is -1.93. The fourth-order valence-corrected chi connectivity index (χ4v) is 4.64. The third-order valence-electron chi connectivity index (χ3n) is 6.12. The first-order valence-electron chi connectivity index (χ1n) is 12.4. The van der Waals surface area contributed by atoms with Crippen LogP contribution >= 0.6 is 9.03 Å². The zero-order valence-corrected chi connectivity index (χ0v) is 25.4. The fourth-order valence-electron chi connectivity index (χ4n) is 3.99. The van der Waals surface area contributed by atoms with Crippen molar-refractivity contribution in [3.8, 4) is 23.0 Å². The molecule has 0 fully saturated rings. The average Bonchev–Trinajstić information content (AvgIpc) is 2.70. The largest absolute Gasteiger partial charge is 0.497 e. The fraction of sp³-hybridized carbons (Fsp3) is 0.600. The molecule has 2 rings (SSSR count). The lowest BCUT2D eigenvalue weighted by Crippen LogP contribution is -2.20. The molecule has 0 aliphatic heterocycles. The standard InChI is InChI=1S/C30H47O4P/c1-27(2,3)21-15-19(31-13)16-22(28(4,5)6)25(21)33-35-34-26-23(29(7,8)9)17-20(32-14)18-24(26)30(10,11)12/h15-18,35H,1-14H3. The molecule has 0 saturated carbocycles. The molecule has 2 aromatic carbocycles. The third-order valence-corrected chi connectivity index (χ3v) is 6.69. The van der Waals surface area contributed by atoms with E-state index in [1.807, 2.05) is 0 Å². The van der Waals surface area contributed by atoms with E-state index in [-0.39, 0.29) is 30.7 Å². The average molecular weight is 503 g/mol. The van der Waals surface area contributed by atoms with Crippen molar-refractivity contribution < 1.29 is 18.5 Å². The van der Waals surface area contributed by atoms with E-state index in [1.54, 1.807) is 14.2 Å². The molecule has 2 aromatic rings. The molecular formula is C30H47O4P. The molecule has 196 valence electrons. The second kappa shape index (κ2) is 10.2. The van der Waals surface area contributed by atoms with Gasteiger partial charge >= 0.3 is 0 Å². The van der Waals surface area contributed by atoms with Gasteiger partial charge < -0.3 is 18.5 Å². The summed E-state index contributed by atoms with van der Waals surface area (Å²) in [5.41, 5.74) is 3.95. The van der Waals surface area contributed by atoms with Gasteiger partial charge in [0.05, 0.1) is 14.2 Å². The van der Waals surface area contributed by atoms with Gasteiger partial charge in [-0.25, -0.2) is 0 Å². The molecule has 4 nitrogen and oxygen atoms in total. The molecule has 35 heavy (non-hydrogen) atoms. The summed E-state index contributed by atoms with van der Waals surface area (Å²) < 4.78 is 24.4. The molecule has 0 atom stereocenters. The Morgan fingerprint density at radius 2 is 0.686 bits per heavy atom. The van der Waals surface area contributed by atoms with Crippen molar-refractivity contribution in [2.24, 2.45) is 0 Å². The zero-order valence-electron chi connectivity index (χ0n) is 24.4. The molecular weight excluding hydrogens is 455 g/mol. The summed E-state index contributed by atoms with van der Waals surface area (Å²) in [5.74, 6) is 3.45. The molecule has 5 heteroatoms. The lowest BCUT2D eigenvalue weighted by Gasteiger charge is -2.31. The van der Waals surface area contributed by atoms with Gasteiger partial charge in [-0.3, -0.25) is 0 Å². The monoisotopic (exact) mass is 502 g/mol. The van der Waals surface area contributed by atoms with Crippen LogP contribution in [-0.4, -0.2) is 14.2 Å². The van der Waals surface area contributed by atoms with Crippen molar-refractivity contribution in [1.29, 1.82) is 0 Å². The molecule has 0 amide bonds. The van der Waals surface area contributed by atoms with Crippen LogP contribution in [0.2, 0.25) is 0 Å². The Labute approximate surface area is 216 Å². The molecule has 0 aromatic heterocycles. The molecule has 0 heterocycles. The van der Waals surface area contributed by atoms with Crippen LogP contribution in [0.4, 0.5) is 0 Å². The van der Waals surface area contributed by atoms with E-state index in [1.165, 1.54) is 0 Å². The Kier molecular flexibility index (Phi) is 8.55. The summed E-state index contributed by atoms with van der Waals surface area (Å²) in [5, 5.41) is 0. The Morgan fingerprint density at radius 3 is 0.857 bits per heavy atom. The summed E-state index contributed by atoms with van der Waals surface area (Å²) >= 11 is 0. The van der Waals surface area contributed by atoms with Gasteiger partial charge in [0.2, 0.25) is 0 Å². The first-order chi connectivity index (χ1) is 15.8. The number of benzene rings is 2. The second-order valence-electron chi connectivity index (χ2n) is 13.4. The van der Waals surface area contributed by atoms with E-state index in [0.717, 1.165) is 45.3 Å². The van der Waals surface area contributed by atoms with Crippen LogP contribution in [-0.2, 0) is 21.7 Å². The van der Waals surface area contributed by atoms with Crippen molar-refractivity contribution in [2.75, 3.05) is 14.2 Å². The minimum absolute atomic E-state index is 0.123. The van der Waals surface area contributed by atoms with Crippen LogP contribution in [0.1, 0.15) is 105 Å². The summed E-state index contributed by atoms with van der Waals surface area (Å²) in [6.45, 7) is 26.4. The predicted octanol–water partition coefficient (Wildman–Crippen LogP) is 8.86. The van der Waals surface area contributed by atoms with Crippen LogP contribution in [0.15, 0.2) is 24.3 Å². The minimum atomic E-state index is -0.198. The van der Waals surface area contributed by atoms with E-state index in [2.05, 4.69) is 107 Å². The van der Waals surface area contributed by atoms with Crippen molar-refractivity contribution in [3.05, 3.63) is 46.5 Å². The molecule has 0 bridgehead atoms. The lowest BCUT2D eigenvalue weighted by atomic mass is 9.79. The van der Waals surface area contributed by atoms with Gasteiger partial charge in [0.1, 0.15) is 23.0 Å². The normalized spacial score (nSPS) is 13.0. The van der Waals surface area contributed by atoms with E-state index in [9.17, 15) is 0 Å². The maximum atomic E-state index is 6.54.